The third-order valence-electron chi connectivity index (χ3n) is 3.37. The number of nitrogens with one attached hydrogen (secondary N) is 1. The van der Waals surface area contributed by atoms with E-state index in [1.54, 1.807) is 0 Å². The van der Waals surface area contributed by atoms with Gasteiger partial charge in [-0.1, -0.05) is 29.3 Å². The summed E-state index contributed by atoms with van der Waals surface area (Å²) in [6.45, 7) is 4.48. The van der Waals surface area contributed by atoms with Gasteiger partial charge in [0.1, 0.15) is 0 Å². The van der Waals surface area contributed by atoms with Gasteiger partial charge in [0.25, 0.3) is 0 Å². The summed E-state index contributed by atoms with van der Waals surface area (Å²) < 4.78 is 1.19. The van der Waals surface area contributed by atoms with Crippen LogP contribution >= 0.6 is 15.9 Å². The summed E-state index contributed by atoms with van der Waals surface area (Å²) in [5.74, 6) is 0.814. The van der Waals surface area contributed by atoms with Crippen LogP contribution in [0.25, 0.3) is 0 Å². The fraction of sp³-hybridized carbons (Fsp3) is 0.538. The molecule has 2 heteroatoms. The summed E-state index contributed by atoms with van der Waals surface area (Å²) >= 11 is 3.53. The molecule has 15 heavy (non-hydrogen) atoms. The van der Waals surface area contributed by atoms with Crippen molar-refractivity contribution in [3.63, 3.8) is 0 Å². The summed E-state index contributed by atoms with van der Waals surface area (Å²) in [5, 5.41) is 3.64. The van der Waals surface area contributed by atoms with Crippen LogP contribution in [0.5, 0.6) is 0 Å². The molecular formula is C13H18BrN. The van der Waals surface area contributed by atoms with Crippen molar-refractivity contribution in [2.24, 2.45) is 5.92 Å². The molecule has 0 radical (unpaired) electrons. The highest BCUT2D eigenvalue weighted by Crippen LogP contribution is 2.29. The minimum absolute atomic E-state index is 0.672. The third-order valence-corrected chi connectivity index (χ3v) is 4.26. The molecule has 0 spiro atoms. The molecule has 0 bridgehead atoms. The second kappa shape index (κ2) is 4.56. The number of anilines is 1. The van der Waals surface area contributed by atoms with E-state index in [-0.39, 0.29) is 0 Å². The van der Waals surface area contributed by atoms with Gasteiger partial charge in [-0.3, -0.25) is 0 Å². The highest BCUT2D eigenvalue weighted by Gasteiger charge is 2.22. The highest BCUT2D eigenvalue weighted by atomic mass is 79.9. The molecule has 2 unspecified atom stereocenters. The molecular weight excluding hydrogens is 250 g/mol. The smallest absolute Gasteiger partial charge is 0.0345 e. The first-order chi connectivity index (χ1) is 7.16. The molecule has 0 aromatic heterocycles. The summed E-state index contributed by atoms with van der Waals surface area (Å²) in [6, 6.07) is 7.17. The minimum atomic E-state index is 0.672. The van der Waals surface area contributed by atoms with Gasteiger partial charge < -0.3 is 5.32 Å². The van der Waals surface area contributed by atoms with E-state index in [1.807, 2.05) is 0 Å². The van der Waals surface area contributed by atoms with Gasteiger partial charge in [-0.2, -0.15) is 0 Å². The van der Waals surface area contributed by atoms with Crippen molar-refractivity contribution in [3.05, 3.63) is 28.2 Å². The average molecular weight is 268 g/mol. The van der Waals surface area contributed by atoms with Gasteiger partial charge in [0.15, 0.2) is 0 Å². The highest BCUT2D eigenvalue weighted by molar-refractivity contribution is 9.10. The van der Waals surface area contributed by atoms with Crippen LogP contribution in [0.1, 0.15) is 31.7 Å². The first kappa shape index (κ1) is 11.0. The quantitative estimate of drug-likeness (QED) is 0.840. The van der Waals surface area contributed by atoms with E-state index >= 15 is 0 Å². The van der Waals surface area contributed by atoms with Crippen molar-refractivity contribution in [1.29, 1.82) is 0 Å². The van der Waals surface area contributed by atoms with Gasteiger partial charge in [0.05, 0.1) is 0 Å². The second-order valence-corrected chi connectivity index (χ2v) is 5.48. The van der Waals surface area contributed by atoms with E-state index in [0.717, 1.165) is 5.92 Å². The van der Waals surface area contributed by atoms with E-state index in [9.17, 15) is 0 Å². The molecule has 0 aliphatic heterocycles. The standard InChI is InChI=1S/C13H18BrN/c1-9-4-3-5-13(9)15-11-6-7-12(14)10(2)8-11/h6-9,13,15H,3-5H2,1-2H3. The van der Waals surface area contributed by atoms with Crippen LogP contribution in [-0.2, 0) is 0 Å². The van der Waals surface area contributed by atoms with E-state index < -0.39 is 0 Å². The molecule has 0 saturated heterocycles. The van der Waals surface area contributed by atoms with Crippen LogP contribution < -0.4 is 5.32 Å². The number of hydrogen-bond acceptors (Lipinski definition) is 1. The lowest BCUT2D eigenvalue weighted by atomic mass is 10.1. The Balaban J connectivity index is 2.07. The zero-order valence-corrected chi connectivity index (χ0v) is 11.0. The Labute approximate surface area is 100 Å². The van der Waals surface area contributed by atoms with Gasteiger partial charge in [0.2, 0.25) is 0 Å². The van der Waals surface area contributed by atoms with Crippen LogP contribution in [0, 0.1) is 12.8 Å². The lowest BCUT2D eigenvalue weighted by molar-refractivity contribution is 0.556. The van der Waals surface area contributed by atoms with Crippen molar-refractivity contribution < 1.29 is 0 Å². The molecule has 0 heterocycles. The number of hydrogen-bond donors (Lipinski definition) is 1. The number of halogens is 1. The monoisotopic (exact) mass is 267 g/mol. The molecule has 82 valence electrons. The predicted octanol–water partition coefficient (Wildman–Crippen LogP) is 4.36. The maximum Gasteiger partial charge on any atom is 0.0345 e. The lowest BCUT2D eigenvalue weighted by Gasteiger charge is -2.19. The van der Waals surface area contributed by atoms with Gasteiger partial charge in [-0.05, 0) is 49.4 Å². The largest absolute Gasteiger partial charge is 0.382 e. The molecule has 1 aliphatic rings. The zero-order valence-electron chi connectivity index (χ0n) is 9.39. The molecule has 1 nitrogen and oxygen atoms in total. The second-order valence-electron chi connectivity index (χ2n) is 4.62. The number of benzene rings is 1. The normalized spacial score (nSPS) is 25.5. The molecule has 2 rings (SSSR count). The molecule has 1 aromatic carbocycles. The van der Waals surface area contributed by atoms with Crippen molar-refractivity contribution in [2.45, 2.75) is 39.2 Å². The van der Waals surface area contributed by atoms with Crippen LogP contribution in [0.2, 0.25) is 0 Å². The molecule has 1 aromatic rings. The van der Waals surface area contributed by atoms with E-state index in [0.29, 0.717) is 6.04 Å². The fourth-order valence-corrected chi connectivity index (χ4v) is 2.56. The van der Waals surface area contributed by atoms with Crippen molar-refractivity contribution >= 4 is 21.6 Å². The van der Waals surface area contributed by atoms with Crippen molar-refractivity contribution in [1.82, 2.24) is 0 Å². The molecule has 1 aliphatic carbocycles. The summed E-state index contributed by atoms with van der Waals surface area (Å²) in [5.41, 5.74) is 2.56. The SMILES string of the molecule is Cc1cc(NC2CCCC2C)ccc1Br. The van der Waals surface area contributed by atoms with Gasteiger partial charge in [-0.25, -0.2) is 0 Å². The molecule has 2 atom stereocenters. The molecule has 0 amide bonds. The summed E-state index contributed by atoms with van der Waals surface area (Å²) in [6.07, 6.45) is 4.05. The third kappa shape index (κ3) is 2.54. The molecule has 1 N–H and O–H groups in total. The Morgan fingerprint density at radius 3 is 2.73 bits per heavy atom. The zero-order chi connectivity index (χ0) is 10.8. The van der Waals surface area contributed by atoms with Crippen LogP contribution in [0.15, 0.2) is 22.7 Å². The number of rotatable bonds is 2. The topological polar surface area (TPSA) is 12.0 Å². The maximum absolute atomic E-state index is 3.64. The Morgan fingerprint density at radius 2 is 2.13 bits per heavy atom. The fourth-order valence-electron chi connectivity index (χ4n) is 2.31. The predicted molar refractivity (Wildman–Crippen MR) is 69.3 cm³/mol. The van der Waals surface area contributed by atoms with Gasteiger partial charge in [0, 0.05) is 16.2 Å². The first-order valence-electron chi connectivity index (χ1n) is 5.69. The lowest BCUT2D eigenvalue weighted by Crippen LogP contribution is -2.21. The van der Waals surface area contributed by atoms with Crippen molar-refractivity contribution in [3.8, 4) is 0 Å². The van der Waals surface area contributed by atoms with Crippen LogP contribution in [-0.4, -0.2) is 6.04 Å². The van der Waals surface area contributed by atoms with E-state index in [1.165, 1.54) is 35.0 Å². The van der Waals surface area contributed by atoms with Crippen LogP contribution in [0.4, 0.5) is 5.69 Å². The Kier molecular flexibility index (Phi) is 3.35. The maximum atomic E-state index is 3.64. The minimum Gasteiger partial charge on any atom is -0.382 e. The molecule has 1 fully saturated rings. The average Bonchev–Trinajstić information content (AvgIpc) is 2.59. The summed E-state index contributed by atoms with van der Waals surface area (Å²) in [4.78, 5) is 0. The summed E-state index contributed by atoms with van der Waals surface area (Å²) in [7, 11) is 0. The van der Waals surface area contributed by atoms with Gasteiger partial charge >= 0.3 is 0 Å². The first-order valence-corrected chi connectivity index (χ1v) is 6.49. The molecule has 1 saturated carbocycles. The van der Waals surface area contributed by atoms with E-state index in [2.05, 4.69) is 53.3 Å². The number of aryl methyl sites for hydroxylation is 1. The Bertz CT molecular complexity index is 348. The van der Waals surface area contributed by atoms with Crippen LogP contribution in [0.3, 0.4) is 0 Å². The Morgan fingerprint density at radius 1 is 1.33 bits per heavy atom. The van der Waals surface area contributed by atoms with Gasteiger partial charge in [-0.15, -0.1) is 0 Å². The van der Waals surface area contributed by atoms with Crippen molar-refractivity contribution in [2.75, 3.05) is 5.32 Å². The Hall–Kier alpha value is -0.500. The van der Waals surface area contributed by atoms with E-state index in [4.69, 9.17) is 0 Å².